The van der Waals surface area contributed by atoms with Crippen molar-refractivity contribution in [3.05, 3.63) is 18.1 Å². The van der Waals surface area contributed by atoms with Gasteiger partial charge in [0, 0.05) is 39.4 Å². The Morgan fingerprint density at radius 1 is 1.22 bits per heavy atom. The number of aromatic nitrogens is 5. The van der Waals surface area contributed by atoms with E-state index in [0.717, 1.165) is 0 Å². The second-order valence-corrected chi connectivity index (χ2v) is 7.31. The van der Waals surface area contributed by atoms with Crippen molar-refractivity contribution >= 4 is 12.0 Å². The van der Waals surface area contributed by atoms with E-state index in [-0.39, 0.29) is 11.9 Å². The molecular formula is C17H24FN7O2. The molecule has 1 amide bonds. The van der Waals surface area contributed by atoms with Crippen LogP contribution in [0.1, 0.15) is 26.6 Å². The number of nitrogens with zero attached hydrogens (tertiary/aromatic N) is 7. The molecule has 2 aromatic heterocycles. The highest BCUT2D eigenvalue weighted by atomic mass is 19.1. The second-order valence-electron chi connectivity index (χ2n) is 7.31. The fourth-order valence-electron chi connectivity index (χ4n) is 2.76. The van der Waals surface area contributed by atoms with E-state index in [1.165, 1.54) is 4.68 Å². The van der Waals surface area contributed by atoms with Crippen LogP contribution in [-0.4, -0.2) is 67.5 Å². The molecule has 2 aromatic rings. The SMILES string of the molecule is Cn1nc(CF)nc1-c1ccnc(N2CCN(C(=O)OC(C)(C)C)CC2)n1. The van der Waals surface area contributed by atoms with Crippen molar-refractivity contribution < 1.29 is 13.9 Å². The van der Waals surface area contributed by atoms with Gasteiger partial charge in [-0.05, 0) is 26.8 Å². The minimum Gasteiger partial charge on any atom is -0.444 e. The van der Waals surface area contributed by atoms with E-state index < -0.39 is 12.3 Å². The first-order valence-electron chi connectivity index (χ1n) is 8.79. The van der Waals surface area contributed by atoms with Gasteiger partial charge in [-0.15, -0.1) is 0 Å². The first-order valence-corrected chi connectivity index (χ1v) is 8.79. The molecule has 1 aliphatic rings. The summed E-state index contributed by atoms with van der Waals surface area (Å²) >= 11 is 0. The fraction of sp³-hybridized carbons (Fsp3) is 0.588. The van der Waals surface area contributed by atoms with E-state index in [4.69, 9.17) is 4.74 Å². The number of carbonyl (C=O) groups excluding carboxylic acids is 1. The highest BCUT2D eigenvalue weighted by molar-refractivity contribution is 5.68. The summed E-state index contributed by atoms with van der Waals surface area (Å²) in [5.41, 5.74) is 0.0597. The molecule has 0 bridgehead atoms. The smallest absolute Gasteiger partial charge is 0.410 e. The Morgan fingerprint density at radius 2 is 1.93 bits per heavy atom. The summed E-state index contributed by atoms with van der Waals surface area (Å²) in [5.74, 6) is 1.15. The van der Waals surface area contributed by atoms with Gasteiger partial charge in [0.15, 0.2) is 18.3 Å². The summed E-state index contributed by atoms with van der Waals surface area (Å²) in [4.78, 5) is 28.9. The van der Waals surface area contributed by atoms with Gasteiger partial charge in [-0.25, -0.2) is 28.8 Å². The van der Waals surface area contributed by atoms with Crippen LogP contribution in [0.15, 0.2) is 12.3 Å². The third-order valence-electron chi connectivity index (χ3n) is 4.01. The average Bonchev–Trinajstić information content (AvgIpc) is 3.01. The van der Waals surface area contributed by atoms with Gasteiger partial charge in [-0.1, -0.05) is 0 Å². The molecule has 146 valence electrons. The molecule has 0 aromatic carbocycles. The molecule has 3 rings (SSSR count). The molecule has 0 spiro atoms. The lowest BCUT2D eigenvalue weighted by Gasteiger charge is -2.35. The number of piperazine rings is 1. The molecule has 1 saturated heterocycles. The van der Waals surface area contributed by atoms with E-state index in [0.29, 0.717) is 43.6 Å². The number of ether oxygens (including phenoxy) is 1. The Kier molecular flexibility index (Phi) is 5.24. The molecule has 0 aliphatic carbocycles. The molecular weight excluding hydrogens is 353 g/mol. The van der Waals surface area contributed by atoms with Gasteiger partial charge in [0.1, 0.15) is 11.3 Å². The molecule has 27 heavy (non-hydrogen) atoms. The highest BCUT2D eigenvalue weighted by Crippen LogP contribution is 2.19. The maximum absolute atomic E-state index is 12.8. The number of hydrogen-bond acceptors (Lipinski definition) is 7. The molecule has 0 radical (unpaired) electrons. The highest BCUT2D eigenvalue weighted by Gasteiger charge is 2.27. The number of rotatable bonds is 3. The Bertz CT molecular complexity index is 810. The second kappa shape index (κ2) is 7.45. The molecule has 1 aliphatic heterocycles. The van der Waals surface area contributed by atoms with Crippen LogP contribution >= 0.6 is 0 Å². The Balaban J connectivity index is 1.68. The van der Waals surface area contributed by atoms with E-state index in [9.17, 15) is 9.18 Å². The van der Waals surface area contributed by atoms with Crippen LogP contribution in [0.2, 0.25) is 0 Å². The third-order valence-corrected chi connectivity index (χ3v) is 4.01. The number of aryl methyl sites for hydroxylation is 1. The number of anilines is 1. The van der Waals surface area contributed by atoms with Crippen LogP contribution in [0, 0.1) is 0 Å². The zero-order valence-electron chi connectivity index (χ0n) is 16.0. The molecule has 0 atom stereocenters. The quantitative estimate of drug-likeness (QED) is 0.806. The van der Waals surface area contributed by atoms with Crippen molar-refractivity contribution in [2.45, 2.75) is 33.0 Å². The van der Waals surface area contributed by atoms with Gasteiger partial charge in [0.2, 0.25) is 5.95 Å². The fourth-order valence-corrected chi connectivity index (χ4v) is 2.76. The zero-order valence-corrected chi connectivity index (χ0v) is 16.0. The topological polar surface area (TPSA) is 89.3 Å². The van der Waals surface area contributed by atoms with E-state index in [1.807, 2.05) is 25.7 Å². The van der Waals surface area contributed by atoms with Gasteiger partial charge < -0.3 is 14.5 Å². The summed E-state index contributed by atoms with van der Waals surface area (Å²) < 4.78 is 19.7. The third kappa shape index (κ3) is 4.50. The van der Waals surface area contributed by atoms with Crippen molar-refractivity contribution in [3.63, 3.8) is 0 Å². The summed E-state index contributed by atoms with van der Waals surface area (Å²) in [7, 11) is 1.70. The molecule has 9 nitrogen and oxygen atoms in total. The number of hydrogen-bond donors (Lipinski definition) is 0. The van der Waals surface area contributed by atoms with Crippen LogP contribution in [0.4, 0.5) is 15.1 Å². The predicted octanol–water partition coefficient (Wildman–Crippen LogP) is 1.80. The Hall–Kier alpha value is -2.78. The zero-order chi connectivity index (χ0) is 19.6. The Morgan fingerprint density at radius 3 is 2.52 bits per heavy atom. The van der Waals surface area contributed by atoms with Gasteiger partial charge in [-0.3, -0.25) is 0 Å². The number of alkyl halides is 1. The lowest BCUT2D eigenvalue weighted by Crippen LogP contribution is -2.50. The standard InChI is InChI=1S/C17H24FN7O2/c1-17(2,3)27-16(26)25-9-7-24(8-10-25)15-19-6-5-12(20-15)14-21-13(11-18)22-23(14)4/h5-6H,7-11H2,1-4H3. The summed E-state index contributed by atoms with van der Waals surface area (Å²) in [6, 6.07) is 1.71. The van der Waals surface area contributed by atoms with Crippen molar-refractivity contribution in [1.82, 2.24) is 29.6 Å². The molecule has 1 fully saturated rings. The van der Waals surface area contributed by atoms with Gasteiger partial charge in [-0.2, -0.15) is 5.10 Å². The van der Waals surface area contributed by atoms with Gasteiger partial charge in [0.05, 0.1) is 0 Å². The van der Waals surface area contributed by atoms with Gasteiger partial charge >= 0.3 is 6.09 Å². The largest absolute Gasteiger partial charge is 0.444 e. The van der Waals surface area contributed by atoms with E-state index >= 15 is 0 Å². The first kappa shape index (κ1) is 19.0. The van der Waals surface area contributed by atoms with Crippen LogP contribution in [0.5, 0.6) is 0 Å². The lowest BCUT2D eigenvalue weighted by atomic mass is 10.2. The van der Waals surface area contributed by atoms with E-state index in [1.54, 1.807) is 24.2 Å². The number of halogens is 1. The molecule has 0 unspecified atom stereocenters. The number of amides is 1. The van der Waals surface area contributed by atoms with Crippen LogP contribution in [-0.2, 0) is 18.5 Å². The van der Waals surface area contributed by atoms with Crippen LogP contribution in [0.3, 0.4) is 0 Å². The maximum Gasteiger partial charge on any atom is 0.410 e. The van der Waals surface area contributed by atoms with Gasteiger partial charge in [0.25, 0.3) is 0 Å². The van der Waals surface area contributed by atoms with Crippen LogP contribution < -0.4 is 4.90 Å². The first-order chi connectivity index (χ1) is 12.8. The van der Waals surface area contributed by atoms with E-state index in [2.05, 4.69) is 20.1 Å². The molecule has 3 heterocycles. The minimum absolute atomic E-state index is 0.124. The molecule has 10 heteroatoms. The maximum atomic E-state index is 12.8. The van der Waals surface area contributed by atoms with Crippen molar-refractivity contribution in [3.8, 4) is 11.5 Å². The van der Waals surface area contributed by atoms with Crippen molar-refractivity contribution in [2.24, 2.45) is 7.05 Å². The molecule has 0 saturated carbocycles. The minimum atomic E-state index is -0.724. The Labute approximate surface area is 157 Å². The normalized spacial score (nSPS) is 15.1. The van der Waals surface area contributed by atoms with Crippen molar-refractivity contribution in [1.29, 1.82) is 0 Å². The summed E-state index contributed by atoms with van der Waals surface area (Å²) in [6.07, 6.45) is 1.33. The summed E-state index contributed by atoms with van der Waals surface area (Å²) in [6.45, 7) is 7.06. The average molecular weight is 377 g/mol. The number of carbonyl (C=O) groups is 1. The predicted molar refractivity (Wildman–Crippen MR) is 96.9 cm³/mol. The lowest BCUT2D eigenvalue weighted by molar-refractivity contribution is 0.0240. The van der Waals surface area contributed by atoms with Crippen molar-refractivity contribution in [2.75, 3.05) is 31.1 Å². The summed E-state index contributed by atoms with van der Waals surface area (Å²) in [5, 5.41) is 4.00. The van der Waals surface area contributed by atoms with Crippen LogP contribution in [0.25, 0.3) is 11.5 Å². The monoisotopic (exact) mass is 377 g/mol. The molecule has 0 N–H and O–H groups in total.